The second-order valence-corrected chi connectivity index (χ2v) is 10.2. The van der Waals surface area contributed by atoms with Crippen molar-refractivity contribution in [3.8, 4) is 16.8 Å². The predicted molar refractivity (Wildman–Crippen MR) is 145 cm³/mol. The Morgan fingerprint density at radius 3 is 2.62 bits per heavy atom. The van der Waals surface area contributed by atoms with Crippen molar-refractivity contribution >= 4 is 11.9 Å². The largest absolute Gasteiger partial charge is 0.465 e. The number of hydrazine groups is 1. The van der Waals surface area contributed by atoms with E-state index in [9.17, 15) is 14.0 Å². The molecule has 0 bridgehead atoms. The van der Waals surface area contributed by atoms with Gasteiger partial charge in [0.15, 0.2) is 0 Å². The smallest absolute Gasteiger partial charge is 0.341 e. The molecule has 0 spiro atoms. The topological polar surface area (TPSA) is 120 Å². The van der Waals surface area contributed by atoms with Crippen LogP contribution < -0.4 is 11.6 Å². The van der Waals surface area contributed by atoms with Gasteiger partial charge in [-0.3, -0.25) is 4.79 Å². The molecule has 0 radical (unpaired) electrons. The molecule has 5 rings (SSSR count). The maximum Gasteiger partial charge on any atom is 0.341 e. The fraction of sp³-hybridized carbons (Fsp3) is 0.345. The van der Waals surface area contributed by atoms with Gasteiger partial charge in [0, 0.05) is 49.4 Å². The van der Waals surface area contributed by atoms with Crippen molar-refractivity contribution in [1.82, 2.24) is 19.7 Å². The van der Waals surface area contributed by atoms with E-state index in [1.807, 2.05) is 24.3 Å². The normalized spacial score (nSPS) is 19.1. The van der Waals surface area contributed by atoms with Crippen molar-refractivity contribution in [2.45, 2.75) is 31.6 Å². The SMILES string of the molecule is COC(=O)c1cnn(-c2cccc(-c3cc(F)cc(C(=O)N4CCCCC4)c3)c2)c1C1CC1/C(N)=C/N(C)N. The second kappa shape index (κ2) is 10.9. The molecule has 2 aromatic carbocycles. The third kappa shape index (κ3) is 5.51. The number of esters is 1. The maximum absolute atomic E-state index is 14.7. The van der Waals surface area contributed by atoms with E-state index in [1.54, 1.807) is 28.9 Å². The Morgan fingerprint density at radius 2 is 1.90 bits per heavy atom. The molecular weight excluding hydrogens is 499 g/mol. The molecule has 2 unspecified atom stereocenters. The Kier molecular flexibility index (Phi) is 7.38. The molecule has 2 aliphatic rings. The van der Waals surface area contributed by atoms with Crippen LogP contribution in [-0.2, 0) is 4.74 Å². The average molecular weight is 533 g/mol. The molecule has 204 valence electrons. The average Bonchev–Trinajstić information content (AvgIpc) is 3.62. The zero-order valence-corrected chi connectivity index (χ0v) is 22.1. The maximum atomic E-state index is 14.7. The number of benzene rings is 2. The van der Waals surface area contributed by atoms with Crippen LogP contribution in [0.15, 0.2) is 60.6 Å². The van der Waals surface area contributed by atoms with Crippen LogP contribution in [0.3, 0.4) is 0 Å². The number of hydrogen-bond donors (Lipinski definition) is 2. The van der Waals surface area contributed by atoms with E-state index in [1.165, 1.54) is 30.4 Å². The molecule has 9 nitrogen and oxygen atoms in total. The lowest BCUT2D eigenvalue weighted by Gasteiger charge is -2.27. The first-order valence-electron chi connectivity index (χ1n) is 13.1. The number of halogens is 1. The van der Waals surface area contributed by atoms with Crippen LogP contribution >= 0.6 is 0 Å². The molecule has 2 fully saturated rings. The number of amides is 1. The lowest BCUT2D eigenvalue weighted by Crippen LogP contribution is -2.35. The zero-order valence-electron chi connectivity index (χ0n) is 22.1. The standard InChI is InChI=1S/C29H33FN6O3/c1-34(32)17-26(31)23-15-24(23)27-25(29(38)39-2)16-33-36(27)22-8-6-7-18(14-22)19-11-20(13-21(30)12-19)28(37)35-9-4-3-5-10-35/h6-8,11-14,16-17,23-24H,3-5,9-10,15,31-32H2,1-2H3/b26-17-. The monoisotopic (exact) mass is 532 g/mol. The van der Waals surface area contributed by atoms with Crippen molar-refractivity contribution in [3.63, 3.8) is 0 Å². The molecular formula is C29H33FN6O3. The van der Waals surface area contributed by atoms with Crippen LogP contribution in [0.5, 0.6) is 0 Å². The van der Waals surface area contributed by atoms with Crippen molar-refractivity contribution in [1.29, 1.82) is 0 Å². The van der Waals surface area contributed by atoms with Crippen LogP contribution in [0.2, 0.25) is 0 Å². The Morgan fingerprint density at radius 1 is 1.13 bits per heavy atom. The lowest BCUT2D eigenvalue weighted by atomic mass is 10.0. The third-order valence-electron chi connectivity index (χ3n) is 7.35. The van der Waals surface area contributed by atoms with E-state index >= 15 is 0 Å². The van der Waals surface area contributed by atoms with Crippen molar-refractivity contribution < 1.29 is 18.7 Å². The molecule has 2 atom stereocenters. The van der Waals surface area contributed by atoms with Gasteiger partial charge < -0.3 is 20.4 Å². The number of hydrogen-bond acceptors (Lipinski definition) is 7. The first-order valence-corrected chi connectivity index (χ1v) is 13.1. The highest BCUT2D eigenvalue weighted by Crippen LogP contribution is 2.52. The summed E-state index contributed by atoms with van der Waals surface area (Å²) in [5, 5.41) is 5.92. The molecule has 3 aromatic rings. The summed E-state index contributed by atoms with van der Waals surface area (Å²) in [4.78, 5) is 27.5. The predicted octanol–water partition coefficient (Wildman–Crippen LogP) is 3.80. The van der Waals surface area contributed by atoms with Crippen LogP contribution in [0.1, 0.15) is 58.0 Å². The molecule has 1 aliphatic carbocycles. The molecule has 1 saturated heterocycles. The highest BCUT2D eigenvalue weighted by molar-refractivity contribution is 5.95. The first kappa shape index (κ1) is 26.4. The summed E-state index contributed by atoms with van der Waals surface area (Å²) in [5.41, 5.74) is 10.3. The fourth-order valence-electron chi connectivity index (χ4n) is 5.36. The minimum atomic E-state index is -0.484. The van der Waals surface area contributed by atoms with Crippen molar-refractivity contribution in [2.24, 2.45) is 17.5 Å². The summed E-state index contributed by atoms with van der Waals surface area (Å²) >= 11 is 0. The lowest BCUT2D eigenvalue weighted by molar-refractivity contribution is 0.0598. The number of likely N-dealkylation sites (tertiary alicyclic amines) is 1. The molecule has 4 N–H and O–H groups in total. The van der Waals surface area contributed by atoms with Gasteiger partial charge in [-0.15, -0.1) is 0 Å². The number of aromatic nitrogens is 2. The van der Waals surface area contributed by atoms with Crippen LogP contribution in [0.25, 0.3) is 16.8 Å². The summed E-state index contributed by atoms with van der Waals surface area (Å²) in [6, 6.07) is 11.9. The molecule has 1 aromatic heterocycles. The molecule has 2 heterocycles. The van der Waals surface area contributed by atoms with Gasteiger partial charge >= 0.3 is 5.97 Å². The van der Waals surface area contributed by atoms with E-state index in [2.05, 4.69) is 5.10 Å². The Hall–Kier alpha value is -4.18. The number of nitrogens with zero attached hydrogens (tertiary/aromatic N) is 4. The van der Waals surface area contributed by atoms with Crippen LogP contribution in [-0.4, -0.2) is 58.8 Å². The van der Waals surface area contributed by atoms with Crippen LogP contribution in [0, 0.1) is 11.7 Å². The summed E-state index contributed by atoms with van der Waals surface area (Å²) in [7, 11) is 3.02. The number of allylic oxidation sites excluding steroid dienone is 1. The fourth-order valence-corrected chi connectivity index (χ4v) is 5.36. The van der Waals surface area contributed by atoms with Crippen molar-refractivity contribution in [3.05, 3.63) is 83.2 Å². The van der Waals surface area contributed by atoms with E-state index < -0.39 is 11.8 Å². The third-order valence-corrected chi connectivity index (χ3v) is 7.35. The van der Waals surface area contributed by atoms with Gasteiger partial charge in [-0.1, -0.05) is 12.1 Å². The number of carbonyl (C=O) groups excluding carboxylic acids is 2. The Bertz CT molecular complexity index is 1430. The number of ether oxygens (including phenoxy) is 1. The van der Waals surface area contributed by atoms with E-state index in [0.29, 0.717) is 46.9 Å². The number of piperidine rings is 1. The molecule has 1 saturated carbocycles. The number of methoxy groups -OCH3 is 1. The highest BCUT2D eigenvalue weighted by Gasteiger charge is 2.45. The quantitative estimate of drug-likeness (QED) is 0.270. The zero-order chi connectivity index (χ0) is 27.7. The van der Waals surface area contributed by atoms with Gasteiger partial charge in [-0.25, -0.2) is 19.7 Å². The van der Waals surface area contributed by atoms with E-state index in [0.717, 1.165) is 31.2 Å². The summed E-state index contributed by atoms with van der Waals surface area (Å²) in [5.74, 6) is 4.57. The summed E-state index contributed by atoms with van der Waals surface area (Å²) < 4.78 is 21.4. The van der Waals surface area contributed by atoms with Crippen LogP contribution in [0.4, 0.5) is 4.39 Å². The summed E-state index contributed by atoms with van der Waals surface area (Å²) in [6.45, 7) is 1.38. The first-order chi connectivity index (χ1) is 18.8. The minimum absolute atomic E-state index is 0.00427. The number of rotatable bonds is 7. The van der Waals surface area contributed by atoms with Gasteiger partial charge in [-0.2, -0.15) is 5.10 Å². The molecule has 1 aliphatic heterocycles. The van der Waals surface area contributed by atoms with Gasteiger partial charge in [-0.05, 0) is 67.1 Å². The summed E-state index contributed by atoms with van der Waals surface area (Å²) in [6.07, 6.45) is 6.92. The molecule has 1 amide bonds. The van der Waals surface area contributed by atoms with Gasteiger partial charge in [0.05, 0.1) is 24.7 Å². The highest BCUT2D eigenvalue weighted by atomic mass is 19.1. The van der Waals surface area contributed by atoms with Crippen molar-refractivity contribution in [2.75, 3.05) is 27.2 Å². The van der Waals surface area contributed by atoms with E-state index in [4.69, 9.17) is 16.3 Å². The number of nitrogens with two attached hydrogens (primary N) is 2. The number of carbonyl (C=O) groups is 2. The van der Waals surface area contributed by atoms with Gasteiger partial charge in [0.25, 0.3) is 5.91 Å². The molecule has 10 heteroatoms. The Labute approximate surface area is 226 Å². The second-order valence-electron chi connectivity index (χ2n) is 10.2. The van der Waals surface area contributed by atoms with E-state index in [-0.39, 0.29) is 17.7 Å². The van der Waals surface area contributed by atoms with Gasteiger partial charge in [0.2, 0.25) is 0 Å². The molecule has 39 heavy (non-hydrogen) atoms. The minimum Gasteiger partial charge on any atom is -0.465 e. The Balaban J connectivity index is 1.50. The van der Waals surface area contributed by atoms with Gasteiger partial charge in [0.1, 0.15) is 11.4 Å².